The summed E-state index contributed by atoms with van der Waals surface area (Å²) in [7, 11) is 1.64. The van der Waals surface area contributed by atoms with E-state index >= 15 is 0 Å². The van der Waals surface area contributed by atoms with Crippen LogP contribution in [0.5, 0.6) is 0 Å². The number of hydrogen-bond acceptors (Lipinski definition) is 5. The average molecular weight is 275 g/mol. The van der Waals surface area contributed by atoms with Crippen LogP contribution in [-0.2, 0) is 9.47 Å². The number of nitrogens with zero attached hydrogens (tertiary/aromatic N) is 1. The van der Waals surface area contributed by atoms with E-state index in [0.29, 0.717) is 19.8 Å². The minimum atomic E-state index is -0.552. The third-order valence-electron chi connectivity index (χ3n) is 3.60. The fourth-order valence-electron chi connectivity index (χ4n) is 2.41. The first-order valence-electron chi connectivity index (χ1n) is 7.16. The molecule has 0 aliphatic carbocycles. The van der Waals surface area contributed by atoms with Gasteiger partial charge in [-0.2, -0.15) is 0 Å². The topological polar surface area (TPSA) is 62.2 Å². The average Bonchev–Trinajstić information content (AvgIpc) is 2.49. The van der Waals surface area contributed by atoms with E-state index in [0.717, 1.165) is 32.4 Å². The Morgan fingerprint density at radius 2 is 2.00 bits per heavy atom. The highest BCUT2D eigenvalue weighted by Gasteiger charge is 2.25. The van der Waals surface area contributed by atoms with Crippen LogP contribution in [0.25, 0.3) is 0 Å². The Morgan fingerprint density at radius 1 is 1.26 bits per heavy atom. The van der Waals surface area contributed by atoms with Gasteiger partial charge in [-0.05, 0) is 39.7 Å². The largest absolute Gasteiger partial charge is 0.390 e. The van der Waals surface area contributed by atoms with Crippen molar-refractivity contribution in [1.29, 1.82) is 0 Å². The summed E-state index contributed by atoms with van der Waals surface area (Å²) in [5.41, 5.74) is -0.552. The van der Waals surface area contributed by atoms with Crippen molar-refractivity contribution in [3.8, 4) is 0 Å². The SMILES string of the molecule is COCC(C)OCC(O)CN1CCCC(C)(O)CC1. The first-order chi connectivity index (χ1) is 8.93. The molecule has 1 aliphatic rings. The molecule has 0 saturated carbocycles. The van der Waals surface area contributed by atoms with E-state index in [-0.39, 0.29) is 6.10 Å². The monoisotopic (exact) mass is 275 g/mol. The molecule has 1 saturated heterocycles. The number of likely N-dealkylation sites (tertiary alicyclic amines) is 1. The second-order valence-corrected chi connectivity index (χ2v) is 5.90. The van der Waals surface area contributed by atoms with Crippen LogP contribution >= 0.6 is 0 Å². The summed E-state index contributed by atoms with van der Waals surface area (Å²) in [6.07, 6.45) is 2.09. The normalized spacial score (nSPS) is 28.9. The van der Waals surface area contributed by atoms with Gasteiger partial charge in [0.2, 0.25) is 0 Å². The van der Waals surface area contributed by atoms with Gasteiger partial charge in [0, 0.05) is 20.2 Å². The van der Waals surface area contributed by atoms with Crippen LogP contribution in [0.2, 0.25) is 0 Å². The molecule has 114 valence electrons. The maximum atomic E-state index is 10.0. The third-order valence-corrected chi connectivity index (χ3v) is 3.60. The van der Waals surface area contributed by atoms with E-state index in [4.69, 9.17) is 9.47 Å². The minimum Gasteiger partial charge on any atom is -0.390 e. The highest BCUT2D eigenvalue weighted by Crippen LogP contribution is 2.21. The molecule has 0 amide bonds. The molecule has 1 aliphatic heterocycles. The molecular weight excluding hydrogens is 246 g/mol. The van der Waals surface area contributed by atoms with Gasteiger partial charge < -0.3 is 24.6 Å². The fraction of sp³-hybridized carbons (Fsp3) is 1.00. The predicted molar refractivity (Wildman–Crippen MR) is 74.2 cm³/mol. The maximum absolute atomic E-state index is 10.0. The molecule has 0 spiro atoms. The Hall–Kier alpha value is -0.200. The Morgan fingerprint density at radius 3 is 2.68 bits per heavy atom. The summed E-state index contributed by atoms with van der Waals surface area (Å²) in [6.45, 7) is 7.06. The van der Waals surface area contributed by atoms with Crippen molar-refractivity contribution in [2.24, 2.45) is 0 Å². The van der Waals surface area contributed by atoms with Crippen molar-refractivity contribution in [1.82, 2.24) is 4.90 Å². The summed E-state index contributed by atoms with van der Waals surface area (Å²) in [6, 6.07) is 0. The number of aliphatic hydroxyl groups excluding tert-OH is 1. The lowest BCUT2D eigenvalue weighted by atomic mass is 9.98. The molecule has 5 nitrogen and oxygen atoms in total. The molecule has 0 bridgehead atoms. The van der Waals surface area contributed by atoms with Gasteiger partial charge in [-0.1, -0.05) is 0 Å². The fourth-order valence-corrected chi connectivity index (χ4v) is 2.41. The van der Waals surface area contributed by atoms with Gasteiger partial charge in [0.05, 0.1) is 31.0 Å². The van der Waals surface area contributed by atoms with Crippen LogP contribution in [0, 0.1) is 0 Å². The predicted octanol–water partition coefficient (Wildman–Crippen LogP) is 0.636. The molecule has 0 aromatic heterocycles. The number of β-amino-alcohol motifs (C(OH)–C–C–N with tert-alkyl or cyclic N) is 1. The zero-order valence-corrected chi connectivity index (χ0v) is 12.5. The number of aliphatic hydroxyl groups is 2. The van der Waals surface area contributed by atoms with Crippen LogP contribution < -0.4 is 0 Å². The lowest BCUT2D eigenvalue weighted by molar-refractivity contribution is -0.0400. The molecule has 1 heterocycles. The second-order valence-electron chi connectivity index (χ2n) is 5.90. The van der Waals surface area contributed by atoms with E-state index in [1.165, 1.54) is 0 Å². The lowest BCUT2D eigenvalue weighted by Gasteiger charge is -2.25. The summed E-state index contributed by atoms with van der Waals surface area (Å²) in [4.78, 5) is 2.20. The highest BCUT2D eigenvalue weighted by molar-refractivity contribution is 4.80. The number of methoxy groups -OCH3 is 1. The number of ether oxygens (including phenoxy) is 2. The van der Waals surface area contributed by atoms with Crippen molar-refractivity contribution >= 4 is 0 Å². The van der Waals surface area contributed by atoms with E-state index in [1.54, 1.807) is 7.11 Å². The molecule has 3 unspecified atom stereocenters. The van der Waals surface area contributed by atoms with E-state index in [9.17, 15) is 10.2 Å². The van der Waals surface area contributed by atoms with Crippen molar-refractivity contribution in [3.05, 3.63) is 0 Å². The molecule has 3 atom stereocenters. The maximum Gasteiger partial charge on any atom is 0.0900 e. The molecule has 2 N–H and O–H groups in total. The zero-order chi connectivity index (χ0) is 14.3. The van der Waals surface area contributed by atoms with E-state index in [1.807, 2.05) is 13.8 Å². The molecule has 1 rings (SSSR count). The van der Waals surface area contributed by atoms with Crippen molar-refractivity contribution in [2.75, 3.05) is 40.0 Å². The van der Waals surface area contributed by atoms with Crippen molar-refractivity contribution in [2.45, 2.75) is 50.9 Å². The van der Waals surface area contributed by atoms with Crippen molar-refractivity contribution in [3.63, 3.8) is 0 Å². The van der Waals surface area contributed by atoms with Gasteiger partial charge in [0.25, 0.3) is 0 Å². The standard InChI is InChI=1S/C14H29NO4/c1-12(10-18-3)19-11-13(16)9-15-7-4-5-14(2,17)6-8-15/h12-13,16-17H,4-11H2,1-3H3. The summed E-state index contributed by atoms with van der Waals surface area (Å²) < 4.78 is 10.5. The van der Waals surface area contributed by atoms with Crippen LogP contribution in [0.3, 0.4) is 0 Å². The van der Waals surface area contributed by atoms with Crippen LogP contribution in [0.15, 0.2) is 0 Å². The number of rotatable bonds is 7. The third kappa shape index (κ3) is 7.22. The van der Waals surface area contributed by atoms with Crippen LogP contribution in [-0.4, -0.2) is 72.9 Å². The molecule has 0 aromatic carbocycles. The van der Waals surface area contributed by atoms with E-state index in [2.05, 4.69) is 4.90 Å². The van der Waals surface area contributed by atoms with Crippen LogP contribution in [0.4, 0.5) is 0 Å². The first kappa shape index (κ1) is 16.9. The minimum absolute atomic E-state index is 0.00418. The van der Waals surface area contributed by atoms with Crippen LogP contribution in [0.1, 0.15) is 33.1 Å². The Bertz CT molecular complexity index is 248. The molecule has 1 fully saturated rings. The second kappa shape index (κ2) is 8.17. The summed E-state index contributed by atoms with van der Waals surface area (Å²) in [5.74, 6) is 0. The Kier molecular flexibility index (Phi) is 7.25. The summed E-state index contributed by atoms with van der Waals surface area (Å²) in [5, 5.41) is 20.0. The zero-order valence-electron chi connectivity index (χ0n) is 12.5. The van der Waals surface area contributed by atoms with Gasteiger partial charge in [0.1, 0.15) is 0 Å². The van der Waals surface area contributed by atoms with Gasteiger partial charge in [-0.15, -0.1) is 0 Å². The smallest absolute Gasteiger partial charge is 0.0900 e. The van der Waals surface area contributed by atoms with Gasteiger partial charge >= 0.3 is 0 Å². The quantitative estimate of drug-likeness (QED) is 0.714. The molecule has 19 heavy (non-hydrogen) atoms. The van der Waals surface area contributed by atoms with Gasteiger partial charge in [-0.3, -0.25) is 0 Å². The first-order valence-corrected chi connectivity index (χ1v) is 7.16. The van der Waals surface area contributed by atoms with Gasteiger partial charge in [0.15, 0.2) is 0 Å². The Balaban J connectivity index is 2.22. The molecule has 5 heteroatoms. The Labute approximate surface area is 116 Å². The number of hydrogen-bond donors (Lipinski definition) is 2. The summed E-state index contributed by atoms with van der Waals surface area (Å²) >= 11 is 0. The molecule has 0 radical (unpaired) electrons. The molecule has 0 aromatic rings. The van der Waals surface area contributed by atoms with Gasteiger partial charge in [-0.25, -0.2) is 0 Å². The highest BCUT2D eigenvalue weighted by atomic mass is 16.5. The molecular formula is C14H29NO4. The van der Waals surface area contributed by atoms with E-state index < -0.39 is 11.7 Å². The van der Waals surface area contributed by atoms with Crippen molar-refractivity contribution < 1.29 is 19.7 Å². The lowest BCUT2D eigenvalue weighted by Crippen LogP contribution is -2.37.